The van der Waals surface area contributed by atoms with Crippen molar-refractivity contribution in [1.29, 1.82) is 0 Å². The third-order valence-electron chi connectivity index (χ3n) is 4.20. The molecule has 2 N–H and O–H groups in total. The van der Waals surface area contributed by atoms with E-state index in [1.807, 2.05) is 11.8 Å². The number of carbonyl (C=O) groups excluding carboxylic acids is 1. The van der Waals surface area contributed by atoms with Crippen LogP contribution in [0.25, 0.3) is 0 Å². The Kier molecular flexibility index (Phi) is 7.81. The van der Waals surface area contributed by atoms with Gasteiger partial charge >= 0.3 is 0 Å². The molecular formula is C18H27ClN2O4. The van der Waals surface area contributed by atoms with Crippen molar-refractivity contribution in [3.05, 3.63) is 22.7 Å². The molecule has 2 rings (SSSR count). The third kappa shape index (κ3) is 5.23. The zero-order chi connectivity index (χ0) is 18.2. The van der Waals surface area contributed by atoms with Crippen LogP contribution in [0.4, 0.5) is 0 Å². The minimum atomic E-state index is -0.0522. The van der Waals surface area contributed by atoms with Gasteiger partial charge in [0.15, 0.2) is 11.5 Å². The monoisotopic (exact) mass is 370 g/mol. The first-order valence-corrected chi connectivity index (χ1v) is 9.09. The van der Waals surface area contributed by atoms with Crippen LogP contribution in [0, 0.1) is 0 Å². The number of hydrogen-bond acceptors (Lipinski definition) is 5. The molecule has 1 amide bonds. The second kappa shape index (κ2) is 9.85. The molecule has 1 aliphatic rings. The molecular weight excluding hydrogens is 344 g/mol. The van der Waals surface area contributed by atoms with Crippen molar-refractivity contribution in [3.8, 4) is 11.5 Å². The lowest BCUT2D eigenvalue weighted by molar-refractivity contribution is 0.00844. The van der Waals surface area contributed by atoms with Crippen LogP contribution in [0.2, 0.25) is 5.02 Å². The molecule has 1 aliphatic heterocycles. The van der Waals surface area contributed by atoms with Crippen molar-refractivity contribution in [2.75, 3.05) is 40.0 Å². The number of ether oxygens (including phenoxy) is 3. The highest BCUT2D eigenvalue weighted by Crippen LogP contribution is 2.36. The number of nitrogens with two attached hydrogens (primary N) is 1. The molecule has 0 bridgehead atoms. The molecule has 0 unspecified atom stereocenters. The number of amides is 1. The Hall–Kier alpha value is -1.50. The lowest BCUT2D eigenvalue weighted by Gasteiger charge is -2.32. The van der Waals surface area contributed by atoms with Gasteiger partial charge in [-0.3, -0.25) is 4.79 Å². The first kappa shape index (κ1) is 19.8. The summed E-state index contributed by atoms with van der Waals surface area (Å²) in [7, 11) is 1.53. The highest BCUT2D eigenvalue weighted by atomic mass is 35.5. The molecule has 140 valence electrons. The van der Waals surface area contributed by atoms with Crippen LogP contribution in [-0.2, 0) is 4.74 Å². The number of rotatable bonds is 8. The van der Waals surface area contributed by atoms with E-state index in [2.05, 4.69) is 0 Å². The van der Waals surface area contributed by atoms with Gasteiger partial charge in [-0.1, -0.05) is 11.6 Å². The molecule has 0 radical (unpaired) electrons. The van der Waals surface area contributed by atoms with Crippen LogP contribution in [-0.4, -0.2) is 56.9 Å². The molecule has 6 nitrogen and oxygen atoms in total. The average molecular weight is 371 g/mol. The van der Waals surface area contributed by atoms with Gasteiger partial charge in [-0.05, 0) is 44.9 Å². The standard InChI is InChI=1S/C18H27ClN2O4/c1-3-24-17-15(19)11-13(12-16(17)23-2)18(22)21-8-5-14(6-9-21)25-10-4-7-20/h11-12,14H,3-10,20H2,1-2H3. The first-order valence-electron chi connectivity index (χ1n) is 8.72. The lowest BCUT2D eigenvalue weighted by Crippen LogP contribution is -2.41. The smallest absolute Gasteiger partial charge is 0.254 e. The van der Waals surface area contributed by atoms with Crippen molar-refractivity contribution in [2.24, 2.45) is 5.73 Å². The maximum absolute atomic E-state index is 12.8. The minimum absolute atomic E-state index is 0.0522. The Morgan fingerprint density at radius 1 is 1.36 bits per heavy atom. The second-order valence-electron chi connectivity index (χ2n) is 5.93. The van der Waals surface area contributed by atoms with Gasteiger partial charge in [-0.2, -0.15) is 0 Å². The van der Waals surface area contributed by atoms with E-state index in [-0.39, 0.29) is 12.0 Å². The van der Waals surface area contributed by atoms with Crippen molar-refractivity contribution in [3.63, 3.8) is 0 Å². The van der Waals surface area contributed by atoms with Crippen molar-refractivity contribution in [2.45, 2.75) is 32.3 Å². The fourth-order valence-corrected chi connectivity index (χ4v) is 3.13. The third-order valence-corrected chi connectivity index (χ3v) is 4.48. The number of halogens is 1. The van der Waals surface area contributed by atoms with Crippen LogP contribution < -0.4 is 15.2 Å². The predicted molar refractivity (Wildman–Crippen MR) is 97.7 cm³/mol. The molecule has 1 saturated heterocycles. The molecule has 0 aromatic heterocycles. The molecule has 1 fully saturated rings. The summed E-state index contributed by atoms with van der Waals surface area (Å²) in [5.41, 5.74) is 5.98. The van der Waals surface area contributed by atoms with Gasteiger partial charge in [0, 0.05) is 25.3 Å². The average Bonchev–Trinajstić information content (AvgIpc) is 2.63. The van der Waals surface area contributed by atoms with E-state index in [9.17, 15) is 4.79 Å². The molecule has 25 heavy (non-hydrogen) atoms. The topological polar surface area (TPSA) is 74.0 Å². The van der Waals surface area contributed by atoms with E-state index < -0.39 is 0 Å². The largest absolute Gasteiger partial charge is 0.493 e. The first-order chi connectivity index (χ1) is 12.1. The minimum Gasteiger partial charge on any atom is -0.493 e. The van der Waals surface area contributed by atoms with Gasteiger partial charge in [0.2, 0.25) is 0 Å². The summed E-state index contributed by atoms with van der Waals surface area (Å²) in [6.07, 6.45) is 2.73. The Morgan fingerprint density at radius 3 is 2.68 bits per heavy atom. The van der Waals surface area contributed by atoms with Crippen LogP contribution in [0.15, 0.2) is 12.1 Å². The predicted octanol–water partition coefficient (Wildman–Crippen LogP) is 2.72. The molecule has 0 spiro atoms. The lowest BCUT2D eigenvalue weighted by atomic mass is 10.1. The van der Waals surface area contributed by atoms with Gasteiger partial charge in [0.25, 0.3) is 5.91 Å². The van der Waals surface area contributed by atoms with Gasteiger partial charge in [0.05, 0.1) is 24.8 Å². The maximum Gasteiger partial charge on any atom is 0.254 e. The van der Waals surface area contributed by atoms with E-state index in [0.717, 1.165) is 19.3 Å². The number of nitrogens with zero attached hydrogens (tertiary/aromatic N) is 1. The van der Waals surface area contributed by atoms with Crippen molar-refractivity contribution >= 4 is 17.5 Å². The molecule has 1 aromatic carbocycles. The number of piperidine rings is 1. The fourth-order valence-electron chi connectivity index (χ4n) is 2.87. The molecule has 1 aromatic rings. The second-order valence-corrected chi connectivity index (χ2v) is 6.33. The van der Waals surface area contributed by atoms with Gasteiger partial charge in [-0.25, -0.2) is 0 Å². The van der Waals surface area contributed by atoms with Crippen LogP contribution in [0.1, 0.15) is 36.5 Å². The molecule has 0 atom stereocenters. The van der Waals surface area contributed by atoms with Crippen molar-refractivity contribution < 1.29 is 19.0 Å². The Balaban J connectivity index is 2.00. The Bertz CT molecular complexity index is 574. The summed E-state index contributed by atoms with van der Waals surface area (Å²) in [5, 5.41) is 0.379. The SMILES string of the molecule is CCOc1c(Cl)cc(C(=O)N2CCC(OCCCN)CC2)cc1OC. The van der Waals surface area contributed by atoms with Gasteiger partial charge in [-0.15, -0.1) is 0 Å². The summed E-state index contributed by atoms with van der Waals surface area (Å²) in [4.78, 5) is 14.6. The summed E-state index contributed by atoms with van der Waals surface area (Å²) in [5.74, 6) is 0.886. The molecule has 7 heteroatoms. The van der Waals surface area contributed by atoms with E-state index in [4.69, 9.17) is 31.5 Å². The van der Waals surface area contributed by atoms with Crippen LogP contribution in [0.3, 0.4) is 0 Å². The Morgan fingerprint density at radius 2 is 2.08 bits per heavy atom. The van der Waals surface area contributed by atoms with E-state index in [1.54, 1.807) is 12.1 Å². The number of likely N-dealkylation sites (tertiary alicyclic amines) is 1. The number of hydrogen-bond donors (Lipinski definition) is 1. The number of benzene rings is 1. The van der Waals surface area contributed by atoms with E-state index >= 15 is 0 Å². The summed E-state index contributed by atoms with van der Waals surface area (Å²) >= 11 is 6.26. The summed E-state index contributed by atoms with van der Waals surface area (Å²) in [6, 6.07) is 3.32. The summed E-state index contributed by atoms with van der Waals surface area (Å²) in [6.45, 7) is 4.99. The quantitative estimate of drug-likeness (QED) is 0.712. The van der Waals surface area contributed by atoms with Gasteiger partial charge in [0.1, 0.15) is 0 Å². The van der Waals surface area contributed by atoms with E-state index in [0.29, 0.717) is 54.9 Å². The summed E-state index contributed by atoms with van der Waals surface area (Å²) < 4.78 is 16.6. The van der Waals surface area contributed by atoms with E-state index in [1.165, 1.54) is 7.11 Å². The highest BCUT2D eigenvalue weighted by molar-refractivity contribution is 6.32. The molecule has 0 saturated carbocycles. The molecule has 1 heterocycles. The van der Waals surface area contributed by atoms with Crippen LogP contribution >= 0.6 is 11.6 Å². The zero-order valence-corrected chi connectivity index (χ0v) is 15.7. The highest BCUT2D eigenvalue weighted by Gasteiger charge is 2.25. The van der Waals surface area contributed by atoms with Crippen LogP contribution in [0.5, 0.6) is 11.5 Å². The number of methoxy groups -OCH3 is 1. The molecule has 0 aliphatic carbocycles. The fraction of sp³-hybridized carbons (Fsp3) is 0.611. The Labute approximate surface area is 154 Å². The van der Waals surface area contributed by atoms with Crippen molar-refractivity contribution in [1.82, 2.24) is 4.90 Å². The normalized spacial score (nSPS) is 15.3. The van der Waals surface area contributed by atoms with Gasteiger partial charge < -0.3 is 24.8 Å². The number of carbonyl (C=O) groups is 1. The zero-order valence-electron chi connectivity index (χ0n) is 14.9. The maximum atomic E-state index is 12.8.